The number of para-hydroxylation sites is 1. The van der Waals surface area contributed by atoms with Crippen molar-refractivity contribution in [2.24, 2.45) is 0 Å². The number of carbonyl (C=O) groups is 1. The number of carbonyl (C=O) groups excluding carboxylic acids is 1. The number of halogens is 1. The van der Waals surface area contributed by atoms with Gasteiger partial charge in [0.15, 0.2) is 0 Å². The Balaban J connectivity index is 1.96. The second-order valence-corrected chi connectivity index (χ2v) is 6.43. The molecule has 1 N–H and O–H groups in total. The molecule has 1 amide bonds. The van der Waals surface area contributed by atoms with Crippen LogP contribution in [0.3, 0.4) is 0 Å². The van der Waals surface area contributed by atoms with Crippen molar-refractivity contribution in [1.82, 2.24) is 4.90 Å². The van der Waals surface area contributed by atoms with Crippen LogP contribution in [0.25, 0.3) is 0 Å². The molecule has 0 unspecified atom stereocenters. The fraction of sp³-hybridized carbons (Fsp3) is 0.278. The lowest BCUT2D eigenvalue weighted by Gasteiger charge is -2.18. The van der Waals surface area contributed by atoms with Crippen LogP contribution in [0.15, 0.2) is 46.9 Å². The van der Waals surface area contributed by atoms with Gasteiger partial charge in [-0.25, -0.2) is 0 Å². The van der Waals surface area contributed by atoms with Crippen molar-refractivity contribution in [3.8, 4) is 0 Å². The first-order valence-corrected chi connectivity index (χ1v) is 8.04. The molecule has 0 heterocycles. The molecule has 0 aromatic heterocycles. The normalized spacial score (nSPS) is 10.8. The molecule has 0 fully saturated rings. The molecule has 116 valence electrons. The van der Waals surface area contributed by atoms with Crippen LogP contribution < -0.4 is 5.32 Å². The number of hydrogen-bond donors (Lipinski definition) is 1. The van der Waals surface area contributed by atoms with E-state index in [4.69, 9.17) is 0 Å². The Bertz CT molecular complexity index is 650. The second-order valence-electron chi connectivity index (χ2n) is 5.58. The largest absolute Gasteiger partial charge is 0.324 e. The number of nitrogens with one attached hydrogen (secondary N) is 1. The van der Waals surface area contributed by atoms with Gasteiger partial charge in [0, 0.05) is 16.7 Å². The van der Waals surface area contributed by atoms with E-state index in [1.807, 2.05) is 62.2 Å². The van der Waals surface area contributed by atoms with Crippen LogP contribution in [0, 0.1) is 13.8 Å². The number of aryl methyl sites for hydroxylation is 2. The summed E-state index contributed by atoms with van der Waals surface area (Å²) < 4.78 is 1.07. The van der Waals surface area contributed by atoms with Gasteiger partial charge in [-0.1, -0.05) is 52.3 Å². The zero-order chi connectivity index (χ0) is 16.1. The molecule has 0 atom stereocenters. The van der Waals surface area contributed by atoms with Crippen molar-refractivity contribution in [1.29, 1.82) is 0 Å². The first-order valence-electron chi connectivity index (χ1n) is 7.25. The van der Waals surface area contributed by atoms with Crippen molar-refractivity contribution in [3.63, 3.8) is 0 Å². The maximum absolute atomic E-state index is 12.2. The lowest BCUT2D eigenvalue weighted by molar-refractivity contribution is -0.117. The Hall–Kier alpha value is -1.65. The topological polar surface area (TPSA) is 32.3 Å². The average molecular weight is 361 g/mol. The molecule has 0 radical (unpaired) electrons. The molecule has 0 aliphatic heterocycles. The number of anilines is 1. The number of benzene rings is 2. The van der Waals surface area contributed by atoms with E-state index in [1.165, 1.54) is 5.56 Å². The van der Waals surface area contributed by atoms with Crippen molar-refractivity contribution in [3.05, 3.63) is 63.6 Å². The van der Waals surface area contributed by atoms with Crippen LogP contribution in [0.5, 0.6) is 0 Å². The van der Waals surface area contributed by atoms with Gasteiger partial charge < -0.3 is 5.32 Å². The van der Waals surface area contributed by atoms with Gasteiger partial charge in [-0.2, -0.15) is 0 Å². The summed E-state index contributed by atoms with van der Waals surface area (Å²) in [4.78, 5) is 14.2. The van der Waals surface area contributed by atoms with Crippen molar-refractivity contribution >= 4 is 27.5 Å². The van der Waals surface area contributed by atoms with E-state index in [9.17, 15) is 4.79 Å². The minimum Gasteiger partial charge on any atom is -0.324 e. The predicted octanol–water partition coefficient (Wildman–Crippen LogP) is 4.14. The summed E-state index contributed by atoms with van der Waals surface area (Å²) in [6.07, 6.45) is 0. The number of hydrogen-bond acceptors (Lipinski definition) is 2. The van der Waals surface area contributed by atoms with E-state index in [0.29, 0.717) is 6.54 Å². The third kappa shape index (κ3) is 4.42. The maximum atomic E-state index is 12.2. The third-order valence-corrected chi connectivity index (χ3v) is 4.33. The summed E-state index contributed by atoms with van der Waals surface area (Å²) >= 11 is 3.54. The fourth-order valence-corrected chi connectivity index (χ4v) is 2.82. The summed E-state index contributed by atoms with van der Waals surface area (Å²) in [5, 5.41) is 3.02. The van der Waals surface area contributed by atoms with Crippen LogP contribution in [0.1, 0.15) is 16.7 Å². The Kier molecular flexibility index (Phi) is 5.75. The first-order chi connectivity index (χ1) is 10.5. The molecule has 2 rings (SSSR count). The SMILES string of the molecule is Cc1cccc(C)c1NC(=O)CN(C)Cc1ccccc1Br. The van der Waals surface area contributed by atoms with Gasteiger partial charge in [0.1, 0.15) is 0 Å². The molecule has 0 aliphatic carbocycles. The van der Waals surface area contributed by atoms with E-state index in [-0.39, 0.29) is 5.91 Å². The van der Waals surface area contributed by atoms with Gasteiger partial charge in [0.2, 0.25) is 5.91 Å². The average Bonchev–Trinajstić information content (AvgIpc) is 2.45. The molecule has 0 saturated carbocycles. The van der Waals surface area contributed by atoms with Crippen molar-refractivity contribution in [2.45, 2.75) is 20.4 Å². The molecule has 0 saturated heterocycles. The van der Waals surface area contributed by atoms with E-state index in [0.717, 1.165) is 27.8 Å². The van der Waals surface area contributed by atoms with Crippen LogP contribution in [0.2, 0.25) is 0 Å². The second kappa shape index (κ2) is 7.56. The molecule has 0 spiro atoms. The highest BCUT2D eigenvalue weighted by Crippen LogP contribution is 2.20. The molecule has 3 nitrogen and oxygen atoms in total. The zero-order valence-corrected chi connectivity index (χ0v) is 14.8. The minimum atomic E-state index is 0.00644. The lowest BCUT2D eigenvalue weighted by atomic mass is 10.1. The van der Waals surface area contributed by atoms with Gasteiger partial charge in [-0.15, -0.1) is 0 Å². The standard InChI is InChI=1S/C18H21BrN2O/c1-13-7-6-8-14(2)18(13)20-17(22)12-21(3)11-15-9-4-5-10-16(15)19/h4-10H,11-12H2,1-3H3,(H,20,22). The summed E-state index contributed by atoms with van der Waals surface area (Å²) in [7, 11) is 1.95. The highest BCUT2D eigenvalue weighted by molar-refractivity contribution is 9.10. The van der Waals surface area contributed by atoms with Crippen LogP contribution >= 0.6 is 15.9 Å². The predicted molar refractivity (Wildman–Crippen MR) is 95.0 cm³/mol. The van der Waals surface area contributed by atoms with Gasteiger partial charge in [-0.3, -0.25) is 9.69 Å². The van der Waals surface area contributed by atoms with Crippen molar-refractivity contribution < 1.29 is 4.79 Å². The summed E-state index contributed by atoms with van der Waals surface area (Å²) in [5.74, 6) is 0.00644. The summed E-state index contributed by atoms with van der Waals surface area (Å²) in [6.45, 7) is 5.09. The van der Waals surface area contributed by atoms with E-state index >= 15 is 0 Å². The van der Waals surface area contributed by atoms with E-state index in [1.54, 1.807) is 0 Å². The minimum absolute atomic E-state index is 0.00644. The van der Waals surface area contributed by atoms with Gasteiger partial charge in [0.25, 0.3) is 0 Å². The molecule has 4 heteroatoms. The quantitative estimate of drug-likeness (QED) is 0.868. The molecule has 22 heavy (non-hydrogen) atoms. The Morgan fingerprint density at radius 2 is 1.73 bits per heavy atom. The van der Waals surface area contributed by atoms with Gasteiger partial charge in [0.05, 0.1) is 6.54 Å². The number of nitrogens with zero attached hydrogens (tertiary/aromatic N) is 1. The van der Waals surface area contributed by atoms with E-state index in [2.05, 4.69) is 27.3 Å². The molecular formula is C18H21BrN2O. The van der Waals surface area contributed by atoms with E-state index < -0.39 is 0 Å². The first kappa shape index (κ1) is 16.7. The molecular weight excluding hydrogens is 340 g/mol. The van der Waals surface area contributed by atoms with Crippen LogP contribution in [-0.4, -0.2) is 24.4 Å². The molecule has 0 aliphatic rings. The molecule has 0 bridgehead atoms. The zero-order valence-electron chi connectivity index (χ0n) is 13.2. The monoisotopic (exact) mass is 360 g/mol. The Morgan fingerprint density at radius 1 is 1.09 bits per heavy atom. The Morgan fingerprint density at radius 3 is 2.36 bits per heavy atom. The van der Waals surface area contributed by atoms with Crippen LogP contribution in [-0.2, 0) is 11.3 Å². The number of rotatable bonds is 5. The highest BCUT2D eigenvalue weighted by atomic mass is 79.9. The summed E-state index contributed by atoms with van der Waals surface area (Å²) in [5.41, 5.74) is 4.26. The summed E-state index contributed by atoms with van der Waals surface area (Å²) in [6, 6.07) is 14.1. The fourth-order valence-electron chi connectivity index (χ4n) is 2.41. The number of amides is 1. The van der Waals surface area contributed by atoms with Gasteiger partial charge >= 0.3 is 0 Å². The van der Waals surface area contributed by atoms with Gasteiger partial charge in [-0.05, 0) is 43.7 Å². The molecule has 2 aromatic rings. The van der Waals surface area contributed by atoms with Crippen LogP contribution in [0.4, 0.5) is 5.69 Å². The highest BCUT2D eigenvalue weighted by Gasteiger charge is 2.11. The number of likely N-dealkylation sites (N-methyl/N-ethyl adjacent to an activating group) is 1. The smallest absolute Gasteiger partial charge is 0.238 e. The molecule has 2 aromatic carbocycles. The third-order valence-electron chi connectivity index (χ3n) is 3.56. The Labute approximate surface area is 140 Å². The van der Waals surface area contributed by atoms with Crippen molar-refractivity contribution in [2.75, 3.05) is 18.9 Å². The maximum Gasteiger partial charge on any atom is 0.238 e. The lowest BCUT2D eigenvalue weighted by Crippen LogP contribution is -2.30.